The van der Waals surface area contributed by atoms with Gasteiger partial charge in [-0.25, -0.2) is 0 Å². The Balaban J connectivity index is 2.69. The van der Waals surface area contributed by atoms with E-state index in [0.717, 1.165) is 0 Å². The Morgan fingerprint density at radius 2 is 2.00 bits per heavy atom. The number of aliphatic hydroxyl groups is 2. The molecule has 0 spiro atoms. The predicted molar refractivity (Wildman–Crippen MR) is 41.6 cm³/mol. The second-order valence-electron chi connectivity index (χ2n) is 3.27. The lowest BCUT2D eigenvalue weighted by molar-refractivity contribution is -0.132. The summed E-state index contributed by atoms with van der Waals surface area (Å²) in [7, 11) is 1.51. The number of hydrogen-bond donors (Lipinski definition) is 2. The maximum absolute atomic E-state index is 11.0. The van der Waals surface area contributed by atoms with Gasteiger partial charge < -0.3 is 14.9 Å². The highest BCUT2D eigenvalue weighted by Gasteiger charge is 2.45. The minimum atomic E-state index is -1.06. The van der Waals surface area contributed by atoms with Crippen LogP contribution in [0.5, 0.6) is 0 Å². The van der Waals surface area contributed by atoms with E-state index in [0.29, 0.717) is 6.61 Å². The zero-order chi connectivity index (χ0) is 9.30. The molecule has 12 heavy (non-hydrogen) atoms. The van der Waals surface area contributed by atoms with Crippen LogP contribution >= 0.6 is 0 Å². The molecule has 0 bridgehead atoms. The summed E-state index contributed by atoms with van der Waals surface area (Å²) < 4.78 is 4.84. The van der Waals surface area contributed by atoms with Crippen molar-refractivity contribution in [3.05, 3.63) is 0 Å². The van der Waals surface area contributed by atoms with Crippen molar-refractivity contribution < 1.29 is 19.7 Å². The molecule has 0 aromatic rings. The van der Waals surface area contributed by atoms with Crippen molar-refractivity contribution in [2.45, 2.75) is 19.1 Å². The minimum absolute atomic E-state index is 0.215. The van der Waals surface area contributed by atoms with Crippen molar-refractivity contribution >= 4 is 5.78 Å². The largest absolute Gasteiger partial charge is 0.385 e. The van der Waals surface area contributed by atoms with Crippen LogP contribution in [0.15, 0.2) is 0 Å². The first-order valence-electron chi connectivity index (χ1n) is 3.98. The Bertz CT molecular complexity index is 180. The van der Waals surface area contributed by atoms with Crippen molar-refractivity contribution in [2.75, 3.05) is 13.7 Å². The predicted octanol–water partition coefficient (Wildman–Crippen LogP) is -0.810. The van der Waals surface area contributed by atoms with Crippen molar-refractivity contribution in [1.82, 2.24) is 0 Å². The third kappa shape index (κ3) is 1.37. The highest BCUT2D eigenvalue weighted by Crippen LogP contribution is 2.29. The van der Waals surface area contributed by atoms with E-state index in [4.69, 9.17) is 4.74 Å². The Morgan fingerprint density at radius 3 is 2.33 bits per heavy atom. The van der Waals surface area contributed by atoms with Crippen LogP contribution in [0.25, 0.3) is 0 Å². The molecule has 0 aliphatic heterocycles. The van der Waals surface area contributed by atoms with Crippen LogP contribution < -0.4 is 0 Å². The fourth-order valence-corrected chi connectivity index (χ4v) is 1.60. The number of Topliss-reactive ketones (excluding diaryl/α,β-unsaturated/α-hetero) is 1. The van der Waals surface area contributed by atoms with Gasteiger partial charge in [0, 0.05) is 13.0 Å². The van der Waals surface area contributed by atoms with Gasteiger partial charge in [0.1, 0.15) is 12.2 Å². The van der Waals surface area contributed by atoms with E-state index in [9.17, 15) is 15.0 Å². The molecule has 2 N–H and O–H groups in total. The summed E-state index contributed by atoms with van der Waals surface area (Å²) in [6, 6.07) is 0. The number of carbonyl (C=O) groups excluding carboxylic acids is 1. The lowest BCUT2D eigenvalue weighted by Gasteiger charge is -2.16. The van der Waals surface area contributed by atoms with E-state index >= 15 is 0 Å². The number of aliphatic hydroxyl groups excluding tert-OH is 2. The molecule has 4 heteroatoms. The van der Waals surface area contributed by atoms with E-state index in [1.807, 2.05) is 0 Å². The Labute approximate surface area is 71.2 Å². The number of ether oxygens (including phenoxy) is 1. The van der Waals surface area contributed by atoms with Gasteiger partial charge in [0.15, 0.2) is 5.78 Å². The molecule has 0 aromatic carbocycles. The van der Waals surface area contributed by atoms with E-state index in [1.165, 1.54) is 7.11 Å². The highest BCUT2D eigenvalue weighted by atomic mass is 16.5. The molecular formula is C8H14O4. The molecule has 70 valence electrons. The van der Waals surface area contributed by atoms with Gasteiger partial charge in [-0.15, -0.1) is 0 Å². The lowest BCUT2D eigenvalue weighted by atomic mass is 9.97. The van der Waals surface area contributed by atoms with Gasteiger partial charge in [-0.1, -0.05) is 6.92 Å². The van der Waals surface area contributed by atoms with E-state index in [1.54, 1.807) is 6.92 Å². The first-order valence-corrected chi connectivity index (χ1v) is 3.98. The number of hydrogen-bond acceptors (Lipinski definition) is 4. The molecule has 1 saturated carbocycles. The molecular weight excluding hydrogens is 160 g/mol. The summed E-state index contributed by atoms with van der Waals surface area (Å²) in [5, 5.41) is 18.6. The van der Waals surface area contributed by atoms with Crippen molar-refractivity contribution in [3.63, 3.8) is 0 Å². The summed E-state index contributed by atoms with van der Waals surface area (Å²) >= 11 is 0. The molecule has 1 rings (SSSR count). The standard InChI is InChI=1S/C8H14O4/c1-4-5(3-12-2)7(10)8(11)6(4)9/h4-7,9-10H,3H2,1-2H3. The SMILES string of the molecule is COCC1C(O)C(=O)C(O)C1C. The maximum atomic E-state index is 11.0. The van der Waals surface area contributed by atoms with Crippen molar-refractivity contribution in [3.8, 4) is 0 Å². The second-order valence-corrected chi connectivity index (χ2v) is 3.27. The van der Waals surface area contributed by atoms with E-state index in [2.05, 4.69) is 0 Å². The smallest absolute Gasteiger partial charge is 0.190 e. The van der Waals surface area contributed by atoms with Crippen LogP contribution in [-0.4, -0.2) is 41.9 Å². The molecule has 4 unspecified atom stereocenters. The summed E-state index contributed by atoms with van der Waals surface area (Å²) in [6.45, 7) is 2.05. The van der Waals surface area contributed by atoms with Gasteiger partial charge in [-0.3, -0.25) is 4.79 Å². The van der Waals surface area contributed by atoms with Crippen LogP contribution in [0, 0.1) is 11.8 Å². The first kappa shape index (κ1) is 9.64. The molecule has 1 aliphatic carbocycles. The Morgan fingerprint density at radius 1 is 1.42 bits per heavy atom. The van der Waals surface area contributed by atoms with Crippen LogP contribution in [0.3, 0.4) is 0 Å². The number of ketones is 1. The Hall–Kier alpha value is -0.450. The molecule has 4 nitrogen and oxygen atoms in total. The zero-order valence-electron chi connectivity index (χ0n) is 7.23. The van der Waals surface area contributed by atoms with Gasteiger partial charge in [0.2, 0.25) is 0 Å². The maximum Gasteiger partial charge on any atom is 0.190 e. The normalized spacial score (nSPS) is 42.2. The van der Waals surface area contributed by atoms with Crippen LogP contribution in [0.2, 0.25) is 0 Å². The third-order valence-electron chi connectivity index (χ3n) is 2.52. The van der Waals surface area contributed by atoms with Gasteiger partial charge in [0.05, 0.1) is 6.61 Å². The number of methoxy groups -OCH3 is 1. The van der Waals surface area contributed by atoms with Crippen LogP contribution in [0.1, 0.15) is 6.92 Å². The van der Waals surface area contributed by atoms with Gasteiger partial charge in [0.25, 0.3) is 0 Å². The quantitative estimate of drug-likeness (QED) is 0.574. The molecule has 0 radical (unpaired) electrons. The second kappa shape index (κ2) is 3.51. The van der Waals surface area contributed by atoms with Gasteiger partial charge in [-0.05, 0) is 5.92 Å². The molecule has 4 atom stereocenters. The number of rotatable bonds is 2. The summed E-state index contributed by atoms with van der Waals surface area (Å²) in [5.74, 6) is -0.963. The van der Waals surface area contributed by atoms with Crippen molar-refractivity contribution in [2.24, 2.45) is 11.8 Å². The van der Waals surface area contributed by atoms with E-state index < -0.39 is 18.0 Å². The topological polar surface area (TPSA) is 66.8 Å². The monoisotopic (exact) mass is 174 g/mol. The lowest BCUT2D eigenvalue weighted by Crippen LogP contribution is -2.26. The first-order chi connectivity index (χ1) is 5.59. The molecule has 0 aromatic heterocycles. The van der Waals surface area contributed by atoms with Gasteiger partial charge >= 0.3 is 0 Å². The molecule has 0 amide bonds. The minimum Gasteiger partial charge on any atom is -0.385 e. The fraction of sp³-hybridized carbons (Fsp3) is 0.875. The fourth-order valence-electron chi connectivity index (χ4n) is 1.60. The van der Waals surface area contributed by atoms with Crippen molar-refractivity contribution in [1.29, 1.82) is 0 Å². The van der Waals surface area contributed by atoms with Gasteiger partial charge in [-0.2, -0.15) is 0 Å². The molecule has 0 saturated heterocycles. The van der Waals surface area contributed by atoms with Crippen LogP contribution in [0.4, 0.5) is 0 Å². The number of carbonyl (C=O) groups is 1. The average molecular weight is 174 g/mol. The molecule has 0 heterocycles. The summed E-state index contributed by atoms with van der Waals surface area (Å²) in [5.41, 5.74) is 0. The van der Waals surface area contributed by atoms with Crippen LogP contribution in [-0.2, 0) is 9.53 Å². The Kier molecular flexibility index (Phi) is 2.82. The molecule has 1 aliphatic rings. The molecule has 1 fully saturated rings. The van der Waals surface area contributed by atoms with E-state index in [-0.39, 0.29) is 11.8 Å². The summed E-state index contributed by atoms with van der Waals surface area (Å²) in [4.78, 5) is 11.0. The zero-order valence-corrected chi connectivity index (χ0v) is 7.23. The highest BCUT2D eigenvalue weighted by molar-refractivity contribution is 5.89. The summed E-state index contributed by atoms with van der Waals surface area (Å²) in [6.07, 6.45) is -2.09. The average Bonchev–Trinajstić information content (AvgIpc) is 2.23. The third-order valence-corrected chi connectivity index (χ3v) is 2.52.